The van der Waals surface area contributed by atoms with Crippen molar-refractivity contribution in [3.05, 3.63) is 34.9 Å². The van der Waals surface area contributed by atoms with Gasteiger partial charge in [0, 0.05) is 49.4 Å². The molecule has 3 aromatic rings. The first kappa shape index (κ1) is 57.8. The van der Waals surface area contributed by atoms with Crippen LogP contribution < -0.4 is 20.7 Å². The molecule has 4 N–H and O–H groups in total. The molecule has 0 bridgehead atoms. The quantitative estimate of drug-likeness (QED) is 0.0779. The summed E-state index contributed by atoms with van der Waals surface area (Å²) >= 11 is 2.25. The molecule has 0 amide bonds. The van der Waals surface area contributed by atoms with E-state index >= 15 is 0 Å². The van der Waals surface area contributed by atoms with Crippen molar-refractivity contribution in [2.24, 2.45) is 5.92 Å². The van der Waals surface area contributed by atoms with Gasteiger partial charge in [0.05, 0.1) is 53.7 Å². The van der Waals surface area contributed by atoms with Gasteiger partial charge < -0.3 is 30.2 Å². The second-order valence-electron chi connectivity index (χ2n) is 17.9. The van der Waals surface area contributed by atoms with Gasteiger partial charge in [-0.1, -0.05) is 20.8 Å². The maximum atomic E-state index is 13.4. The van der Waals surface area contributed by atoms with Crippen LogP contribution in [-0.2, 0) is 73.4 Å². The molecule has 0 spiro atoms. The Balaban J connectivity index is 1.04. The minimum absolute atomic E-state index is 0.00728. The molecule has 6 heterocycles. The van der Waals surface area contributed by atoms with E-state index in [4.69, 9.17) is 14.2 Å². The first-order chi connectivity index (χ1) is 32.8. The highest BCUT2D eigenvalue weighted by Gasteiger charge is 2.42. The number of ether oxygens (including phenoxy) is 3. The number of hydrogen-bond donors (Lipinski definition) is 4. The molecule has 0 saturated heterocycles. The fourth-order valence-electron chi connectivity index (χ4n) is 8.67. The molecule has 0 aromatic carbocycles. The van der Waals surface area contributed by atoms with E-state index < -0.39 is 80.9 Å². The predicted octanol–water partition coefficient (Wildman–Crippen LogP) is 4.19. The van der Waals surface area contributed by atoms with Gasteiger partial charge >= 0.3 is 0 Å². The Kier molecular flexibility index (Phi) is 19.5. The average Bonchev–Trinajstić information content (AvgIpc) is 4.07. The second kappa shape index (κ2) is 23.6. The highest BCUT2D eigenvalue weighted by atomic mass is 32.3. The number of fused-ring (bicyclic) bond motifs is 3. The van der Waals surface area contributed by atoms with E-state index in [0.29, 0.717) is 66.9 Å². The van der Waals surface area contributed by atoms with E-state index in [9.17, 15) is 50.5 Å². The van der Waals surface area contributed by atoms with Gasteiger partial charge in [0.1, 0.15) is 25.3 Å². The van der Waals surface area contributed by atoms with Crippen molar-refractivity contribution in [2.45, 2.75) is 133 Å². The summed E-state index contributed by atoms with van der Waals surface area (Å²) in [5.74, 6) is -1.08. The van der Waals surface area contributed by atoms with Crippen LogP contribution in [0.2, 0.25) is 0 Å². The van der Waals surface area contributed by atoms with Crippen molar-refractivity contribution >= 4 is 93.2 Å². The first-order valence-electron chi connectivity index (χ1n) is 23.3. The minimum atomic E-state index is -4.11. The average molecular weight is 1160 g/mol. The van der Waals surface area contributed by atoms with Crippen LogP contribution in [0, 0.1) is 5.92 Å². The molecule has 0 aliphatic carbocycles. The number of hydrogen-bond acceptors (Lipinski definition) is 21. The van der Waals surface area contributed by atoms with E-state index in [0.717, 1.165) is 22.7 Å². The Morgan fingerprint density at radius 3 is 1.23 bits per heavy atom. The van der Waals surface area contributed by atoms with Crippen LogP contribution in [0.5, 0.6) is 0 Å². The lowest BCUT2D eigenvalue weighted by Gasteiger charge is -2.27. The van der Waals surface area contributed by atoms with E-state index in [1.54, 1.807) is 20.8 Å². The maximum absolute atomic E-state index is 13.4. The van der Waals surface area contributed by atoms with Crippen LogP contribution in [0.4, 0.5) is 0 Å². The fourth-order valence-corrected chi connectivity index (χ4v) is 24.6. The van der Waals surface area contributed by atoms with Crippen molar-refractivity contribution in [3.8, 4) is 0 Å². The topological polar surface area (TPSA) is 281 Å². The van der Waals surface area contributed by atoms with E-state index in [1.807, 2.05) is 20.8 Å². The summed E-state index contributed by atoms with van der Waals surface area (Å²) in [4.78, 5) is 0. The minimum Gasteiger partial charge on any atom is -0.381 e. The van der Waals surface area contributed by atoms with Crippen molar-refractivity contribution in [2.75, 3.05) is 77.3 Å². The van der Waals surface area contributed by atoms with Gasteiger partial charge in [-0.2, -0.15) is 0 Å². The van der Waals surface area contributed by atoms with Gasteiger partial charge in [0.25, 0.3) is 0 Å². The van der Waals surface area contributed by atoms with Crippen LogP contribution in [0.25, 0.3) is 0 Å². The first-order valence-corrected chi connectivity index (χ1v) is 35.2. The highest BCUT2D eigenvalue weighted by Crippen LogP contribution is 2.45. The Bertz CT molecular complexity index is 2670. The van der Waals surface area contributed by atoms with Crippen LogP contribution >= 0.6 is 34.0 Å². The van der Waals surface area contributed by atoms with E-state index in [-0.39, 0.29) is 114 Å². The third-order valence-corrected chi connectivity index (χ3v) is 30.9. The Hall–Kier alpha value is -1.48. The molecule has 398 valence electrons. The summed E-state index contributed by atoms with van der Waals surface area (Å²) in [7, 11) is -22.9. The van der Waals surface area contributed by atoms with Crippen molar-refractivity contribution in [1.29, 1.82) is 0 Å². The zero-order valence-electron chi connectivity index (χ0n) is 40.1. The zero-order valence-corrected chi connectivity index (χ0v) is 47.4. The fraction of sp³-hybridized carbons (Fsp3) is 0.714. The molecule has 3 aliphatic heterocycles. The zero-order chi connectivity index (χ0) is 51.5. The van der Waals surface area contributed by atoms with Crippen LogP contribution in [0.3, 0.4) is 0 Å². The van der Waals surface area contributed by atoms with Gasteiger partial charge in [-0.25, -0.2) is 55.2 Å². The summed E-state index contributed by atoms with van der Waals surface area (Å²) < 4.78 is 179. The highest BCUT2D eigenvalue weighted by molar-refractivity contribution is 7.97. The van der Waals surface area contributed by atoms with Crippen molar-refractivity contribution < 1.29 is 64.7 Å². The van der Waals surface area contributed by atoms with Crippen LogP contribution in [0.15, 0.2) is 43.5 Å². The number of thiophene rings is 3. The molecule has 0 radical (unpaired) electrons. The lowest BCUT2D eigenvalue weighted by Crippen LogP contribution is -2.33. The smallest absolute Gasteiger partial charge is 0.250 e. The number of sulfonamides is 1. The van der Waals surface area contributed by atoms with Gasteiger partial charge in [-0.15, -0.1) is 34.0 Å². The molecule has 0 fully saturated rings. The summed E-state index contributed by atoms with van der Waals surface area (Å²) in [6.07, 6.45) is 1.16. The lowest BCUT2D eigenvalue weighted by atomic mass is 10.1. The van der Waals surface area contributed by atoms with Gasteiger partial charge in [-0.05, 0) is 102 Å². The number of rotatable bonds is 27. The van der Waals surface area contributed by atoms with Gasteiger partial charge in [-0.3, -0.25) is 0 Å². The number of nitrogens with one attached hydrogen (secondary N) is 4. The van der Waals surface area contributed by atoms with Gasteiger partial charge in [0.2, 0.25) is 10.0 Å². The summed E-state index contributed by atoms with van der Waals surface area (Å²) in [5.41, 5.74) is 1.37. The largest absolute Gasteiger partial charge is 0.381 e. The van der Waals surface area contributed by atoms with Gasteiger partial charge in [0.15, 0.2) is 49.2 Å². The molecule has 0 saturated carbocycles. The van der Waals surface area contributed by atoms with Crippen LogP contribution in [-0.4, -0.2) is 144 Å². The normalized spacial score (nSPS) is 24.0. The standard InChI is InChI=1S/C42H66N4O15S9/c1-7-43-34-18-27(4)67(51,52)40-31(34)21-37(62-40)65(47,48)16-10-13-59-24-30(25-60-14-11-17-66(49,50)38-22-32-35(44-8-2)19-28(5)68(53,54)41(32)63-38)26-61-15-12-46-70(57,58)39-23-33-36(45-9-3)20-29(6)69(55,56)42(33)64-39/h21-23,27-30,34-36,43-46H,7-20,24-26H2,1-6H3/t27-,28-,29-,34-,35-,36-/m0/s1. The predicted molar refractivity (Wildman–Crippen MR) is 270 cm³/mol. The molecular formula is C42H66N4O15S9. The summed E-state index contributed by atoms with van der Waals surface area (Å²) in [6, 6.07) is 3.44. The van der Waals surface area contributed by atoms with E-state index in [2.05, 4.69) is 20.7 Å². The molecule has 28 heteroatoms. The second-order valence-corrected chi connectivity index (χ2v) is 35.4. The molecular weight excluding hydrogens is 1090 g/mol. The summed E-state index contributed by atoms with van der Waals surface area (Å²) in [6.45, 7) is 12.1. The van der Waals surface area contributed by atoms with E-state index in [1.165, 1.54) is 18.2 Å². The lowest BCUT2D eigenvalue weighted by molar-refractivity contribution is -0.00418. The molecule has 3 aromatic heterocycles. The SMILES string of the molecule is CCN[C@H]1C[C@H](C)S(=O)(=O)c2sc(S(=O)(=O)CCCOCC(COCCCS(=O)(=O)c3cc4c(s3)S(=O)(=O)[C@@H](C)C[C@@H]4NCC)COCCNS(=O)(=O)c3cc4c(s3)S(=O)(=O)[C@@H](C)C[C@@H]4NCC)cc21. The van der Waals surface area contributed by atoms with Crippen molar-refractivity contribution in [3.63, 3.8) is 0 Å². The Labute approximate surface area is 426 Å². The van der Waals surface area contributed by atoms with Crippen LogP contribution in [0.1, 0.15) is 108 Å². The molecule has 6 rings (SSSR count). The molecule has 0 unspecified atom stereocenters. The number of sulfone groups is 5. The Morgan fingerprint density at radius 1 is 0.543 bits per heavy atom. The third-order valence-electron chi connectivity index (χ3n) is 12.5. The molecule has 3 aliphatic rings. The Morgan fingerprint density at radius 2 is 0.871 bits per heavy atom. The molecule has 19 nitrogen and oxygen atoms in total. The maximum Gasteiger partial charge on any atom is 0.250 e. The summed E-state index contributed by atoms with van der Waals surface area (Å²) in [5, 5.41) is 7.75. The molecule has 70 heavy (non-hydrogen) atoms. The van der Waals surface area contributed by atoms with Crippen molar-refractivity contribution in [1.82, 2.24) is 20.7 Å². The third kappa shape index (κ3) is 12.9. The monoisotopic (exact) mass is 1150 g/mol. The molecule has 6 atom stereocenters.